The van der Waals surface area contributed by atoms with Gasteiger partial charge in [-0.25, -0.2) is 9.10 Å². The summed E-state index contributed by atoms with van der Waals surface area (Å²) in [5.74, 6) is 0.530. The zero-order chi connectivity index (χ0) is 14.3. The van der Waals surface area contributed by atoms with Gasteiger partial charge in [0.1, 0.15) is 5.75 Å². The van der Waals surface area contributed by atoms with Gasteiger partial charge in [0.25, 0.3) is 0 Å². The first-order chi connectivity index (χ1) is 9.60. The molecule has 1 aromatic carbocycles. The molecule has 0 spiro atoms. The summed E-state index contributed by atoms with van der Waals surface area (Å²) in [6.45, 7) is 0.306. The van der Waals surface area contributed by atoms with Crippen LogP contribution < -0.4 is 4.74 Å². The van der Waals surface area contributed by atoms with Gasteiger partial charge >= 0.3 is 6.09 Å². The third-order valence-corrected chi connectivity index (χ3v) is 4.68. The molecule has 0 aromatic heterocycles. The van der Waals surface area contributed by atoms with E-state index in [1.807, 2.05) is 18.2 Å². The fourth-order valence-electron chi connectivity index (χ4n) is 2.12. The number of Topliss-reactive ketones (excluding diaryl/α,β-unsaturated/α-hetero) is 1. The maximum atomic E-state index is 12.1. The van der Waals surface area contributed by atoms with Crippen LogP contribution in [0.1, 0.15) is 5.56 Å². The average molecular weight is 356 g/mol. The fourth-order valence-corrected chi connectivity index (χ4v) is 3.49. The van der Waals surface area contributed by atoms with Crippen LogP contribution in [0.25, 0.3) is 5.57 Å². The van der Waals surface area contributed by atoms with Crippen LogP contribution in [-0.2, 0) is 9.53 Å². The highest BCUT2D eigenvalue weighted by molar-refractivity contribution is 9.10. The number of hydrogen-bond donors (Lipinski definition) is 0. The number of hydrogen-bond acceptors (Lipinski definition) is 5. The molecule has 104 valence electrons. The third-order valence-electron chi connectivity index (χ3n) is 3.03. The Morgan fingerprint density at radius 3 is 3.05 bits per heavy atom. The Morgan fingerprint density at radius 1 is 1.50 bits per heavy atom. The zero-order valence-corrected chi connectivity index (χ0v) is 12.9. The van der Waals surface area contributed by atoms with E-state index < -0.39 is 6.09 Å². The van der Waals surface area contributed by atoms with Crippen LogP contribution in [0, 0.1) is 0 Å². The van der Waals surface area contributed by atoms with Crippen molar-refractivity contribution < 1.29 is 19.1 Å². The summed E-state index contributed by atoms with van der Waals surface area (Å²) < 4.78 is 12.5. The molecule has 20 heavy (non-hydrogen) atoms. The van der Waals surface area contributed by atoms with Crippen molar-refractivity contribution in [3.63, 3.8) is 0 Å². The highest BCUT2D eigenvalue weighted by atomic mass is 79.9. The minimum Gasteiger partial charge on any atom is -0.485 e. The Hall–Kier alpha value is -1.47. The van der Waals surface area contributed by atoms with Crippen molar-refractivity contribution in [2.24, 2.45) is 0 Å². The molecule has 2 heterocycles. The van der Waals surface area contributed by atoms with Gasteiger partial charge in [-0.3, -0.25) is 4.79 Å². The average Bonchev–Trinajstić information content (AvgIpc) is 2.85. The standard InChI is InChI=1S/C13H10BrNO4S/c1-18-13(17)15-5-9-8-4-7(14)2-3-11(8)19-6-10(16)12(9)20-15/h2-4H,5-6H2,1H3. The predicted octanol–water partition coefficient (Wildman–Crippen LogP) is 2.85. The summed E-state index contributed by atoms with van der Waals surface area (Å²) in [7, 11) is 1.32. The number of nitrogens with zero attached hydrogens (tertiary/aromatic N) is 1. The maximum Gasteiger partial charge on any atom is 0.420 e. The van der Waals surface area contributed by atoms with E-state index in [0.29, 0.717) is 17.2 Å². The molecular weight excluding hydrogens is 346 g/mol. The number of amides is 1. The molecule has 0 saturated heterocycles. The number of halogens is 1. The van der Waals surface area contributed by atoms with Crippen LogP contribution in [-0.4, -0.2) is 36.4 Å². The molecule has 0 unspecified atom stereocenters. The summed E-state index contributed by atoms with van der Waals surface area (Å²) in [5.41, 5.74) is 1.64. The largest absolute Gasteiger partial charge is 0.485 e. The minimum atomic E-state index is -0.465. The minimum absolute atomic E-state index is 0.0184. The van der Waals surface area contributed by atoms with Crippen molar-refractivity contribution in [1.82, 2.24) is 4.31 Å². The second-order valence-corrected chi connectivity index (χ2v) is 6.21. The van der Waals surface area contributed by atoms with Gasteiger partial charge in [0.05, 0.1) is 18.6 Å². The Bertz CT molecular complexity index is 643. The lowest BCUT2D eigenvalue weighted by Gasteiger charge is -2.15. The number of carbonyl (C=O) groups is 2. The van der Waals surface area contributed by atoms with Gasteiger partial charge in [0, 0.05) is 15.6 Å². The van der Waals surface area contributed by atoms with Gasteiger partial charge in [-0.05, 0) is 30.1 Å². The molecule has 0 bridgehead atoms. The lowest BCUT2D eigenvalue weighted by Crippen LogP contribution is -2.23. The van der Waals surface area contributed by atoms with E-state index >= 15 is 0 Å². The van der Waals surface area contributed by atoms with Crippen molar-refractivity contribution in [1.29, 1.82) is 0 Å². The van der Waals surface area contributed by atoms with Crippen LogP contribution in [0.5, 0.6) is 5.75 Å². The normalized spacial score (nSPS) is 17.3. The van der Waals surface area contributed by atoms with E-state index in [-0.39, 0.29) is 12.4 Å². The van der Waals surface area contributed by atoms with E-state index in [2.05, 4.69) is 15.9 Å². The van der Waals surface area contributed by atoms with Crippen LogP contribution in [0.3, 0.4) is 0 Å². The molecule has 0 radical (unpaired) electrons. The van der Waals surface area contributed by atoms with E-state index in [1.165, 1.54) is 11.4 Å². The number of methoxy groups -OCH3 is 1. The number of rotatable bonds is 0. The second kappa shape index (κ2) is 5.14. The Morgan fingerprint density at radius 2 is 2.30 bits per heavy atom. The molecule has 7 heteroatoms. The van der Waals surface area contributed by atoms with E-state index in [0.717, 1.165) is 27.6 Å². The SMILES string of the molecule is COC(=O)N1CC2=C(S1)C(=O)COc1ccc(Br)cc12. The summed E-state index contributed by atoms with van der Waals surface area (Å²) in [6.07, 6.45) is -0.465. The first kappa shape index (κ1) is 13.5. The molecule has 0 N–H and O–H groups in total. The lowest BCUT2D eigenvalue weighted by atomic mass is 10.0. The summed E-state index contributed by atoms with van der Waals surface area (Å²) in [4.78, 5) is 24.3. The van der Waals surface area contributed by atoms with Gasteiger partial charge in [0.15, 0.2) is 6.61 Å². The van der Waals surface area contributed by atoms with Gasteiger partial charge < -0.3 is 9.47 Å². The van der Waals surface area contributed by atoms with Crippen molar-refractivity contribution in [2.75, 3.05) is 20.3 Å². The van der Waals surface area contributed by atoms with Crippen LogP contribution in [0.4, 0.5) is 4.79 Å². The lowest BCUT2D eigenvalue weighted by molar-refractivity contribution is -0.116. The molecule has 1 aromatic rings. The first-order valence-electron chi connectivity index (χ1n) is 5.82. The smallest absolute Gasteiger partial charge is 0.420 e. The van der Waals surface area contributed by atoms with Crippen LogP contribution >= 0.6 is 27.9 Å². The third kappa shape index (κ3) is 2.20. The highest BCUT2D eigenvalue weighted by Crippen LogP contribution is 2.44. The van der Waals surface area contributed by atoms with Crippen molar-refractivity contribution in [3.8, 4) is 5.75 Å². The van der Waals surface area contributed by atoms with Gasteiger partial charge in [-0.2, -0.15) is 0 Å². The monoisotopic (exact) mass is 355 g/mol. The second-order valence-electron chi connectivity index (χ2n) is 4.26. The van der Waals surface area contributed by atoms with Gasteiger partial charge in [0.2, 0.25) is 5.78 Å². The molecule has 1 amide bonds. The number of ether oxygens (including phenoxy) is 2. The Kier molecular flexibility index (Phi) is 3.47. The van der Waals surface area contributed by atoms with E-state index in [9.17, 15) is 9.59 Å². The Labute approximate surface area is 128 Å². The predicted molar refractivity (Wildman–Crippen MR) is 78.3 cm³/mol. The van der Waals surface area contributed by atoms with Crippen molar-refractivity contribution in [3.05, 3.63) is 33.1 Å². The van der Waals surface area contributed by atoms with E-state index in [4.69, 9.17) is 9.47 Å². The number of carbonyl (C=O) groups excluding carboxylic acids is 2. The molecular formula is C13H10BrNO4S. The molecule has 2 aliphatic heterocycles. The molecule has 0 fully saturated rings. The number of benzene rings is 1. The highest BCUT2D eigenvalue weighted by Gasteiger charge is 2.35. The number of fused-ring (bicyclic) bond motifs is 2. The van der Waals surface area contributed by atoms with Gasteiger partial charge in [-0.1, -0.05) is 15.9 Å². The molecule has 2 aliphatic rings. The summed E-state index contributed by atoms with van der Waals surface area (Å²) >= 11 is 4.52. The maximum absolute atomic E-state index is 12.1. The van der Waals surface area contributed by atoms with Crippen LogP contribution in [0.2, 0.25) is 0 Å². The zero-order valence-electron chi connectivity index (χ0n) is 10.5. The summed E-state index contributed by atoms with van der Waals surface area (Å²) in [5, 5.41) is 0. The van der Waals surface area contributed by atoms with Crippen molar-refractivity contribution >= 4 is 45.3 Å². The van der Waals surface area contributed by atoms with Crippen molar-refractivity contribution in [2.45, 2.75) is 0 Å². The first-order valence-corrected chi connectivity index (χ1v) is 7.39. The van der Waals surface area contributed by atoms with Crippen LogP contribution in [0.15, 0.2) is 27.6 Å². The molecule has 0 saturated carbocycles. The molecule has 3 rings (SSSR count). The molecule has 5 nitrogen and oxygen atoms in total. The fraction of sp³-hybridized carbons (Fsp3) is 0.231. The quantitative estimate of drug-likeness (QED) is 0.669. The summed E-state index contributed by atoms with van der Waals surface area (Å²) in [6, 6.07) is 5.56. The molecule has 0 atom stereocenters. The number of ketones is 1. The van der Waals surface area contributed by atoms with E-state index in [1.54, 1.807) is 0 Å². The topological polar surface area (TPSA) is 55.8 Å². The molecule has 0 aliphatic carbocycles. The Balaban J connectivity index is 2.05. The van der Waals surface area contributed by atoms with Gasteiger partial charge in [-0.15, -0.1) is 0 Å².